The molecule has 0 heterocycles. The van der Waals surface area contributed by atoms with Crippen molar-refractivity contribution in [2.75, 3.05) is 0 Å². The maximum absolute atomic E-state index is 3.46. The van der Waals surface area contributed by atoms with Gasteiger partial charge in [0, 0.05) is 0 Å². The van der Waals surface area contributed by atoms with Crippen LogP contribution in [0.1, 0.15) is 23.6 Å². The molecule has 0 saturated carbocycles. The molecule has 0 amide bonds. The van der Waals surface area contributed by atoms with Gasteiger partial charge in [0.25, 0.3) is 0 Å². The Morgan fingerprint density at radius 1 is 0.889 bits per heavy atom. The Hall–Kier alpha value is -2.72. The van der Waals surface area contributed by atoms with E-state index in [9.17, 15) is 0 Å². The fraction of sp³-hybridized carbons (Fsp3) is 0.0882. The standard InChI is InChI=1S/C16H14P.C13H9.C5H8.Zr/c1-12-6-2-5-9-16(12)17-15-10-13-7-3-4-8-14(13)11-15;1-3-7-12-10(5-1)9-11-6-2-4-8-13(11)12;1-3-5-4-2;/h2-11,17H,1H3;1-5,7-8H,9H2;3-5H,1H2,2H3;/q2*-1;;+2. The van der Waals surface area contributed by atoms with Gasteiger partial charge in [0.1, 0.15) is 0 Å². The summed E-state index contributed by atoms with van der Waals surface area (Å²) >= 11 is 0. The summed E-state index contributed by atoms with van der Waals surface area (Å²) in [5, 5.41) is 5.58. The van der Waals surface area contributed by atoms with Crippen molar-refractivity contribution in [3.05, 3.63) is 151 Å². The van der Waals surface area contributed by atoms with Crippen molar-refractivity contribution in [1.29, 1.82) is 0 Å². The van der Waals surface area contributed by atoms with Crippen LogP contribution in [0.15, 0.2) is 128 Å². The summed E-state index contributed by atoms with van der Waals surface area (Å²) in [7, 11) is 0.759. The van der Waals surface area contributed by atoms with E-state index in [0.29, 0.717) is 0 Å². The topological polar surface area (TPSA) is 0 Å². The van der Waals surface area contributed by atoms with Crippen LogP contribution in [-0.4, -0.2) is 0 Å². The average molecular weight is 562 g/mol. The van der Waals surface area contributed by atoms with E-state index >= 15 is 0 Å². The molecular formula is C34H31PZr. The zero-order chi connectivity index (χ0) is 24.5. The van der Waals surface area contributed by atoms with Gasteiger partial charge in [-0.2, -0.15) is 35.9 Å². The normalized spacial score (nSPS) is 11.2. The summed E-state index contributed by atoms with van der Waals surface area (Å²) in [5.74, 6) is 0. The number of benzene rings is 4. The molecule has 2 heteroatoms. The number of allylic oxidation sites excluding steroid dienone is 3. The molecule has 0 aromatic heterocycles. The predicted octanol–water partition coefficient (Wildman–Crippen LogP) is 8.30. The van der Waals surface area contributed by atoms with Gasteiger partial charge in [-0.3, -0.25) is 0 Å². The molecule has 0 radical (unpaired) electrons. The molecule has 0 aliphatic heterocycles. The van der Waals surface area contributed by atoms with Gasteiger partial charge in [-0.1, -0.05) is 99.1 Å². The van der Waals surface area contributed by atoms with Crippen molar-refractivity contribution in [3.8, 4) is 11.1 Å². The third-order valence-electron chi connectivity index (χ3n) is 5.99. The number of hydrogen-bond acceptors (Lipinski definition) is 0. The van der Waals surface area contributed by atoms with Crippen LogP contribution in [-0.2, 0) is 32.6 Å². The van der Waals surface area contributed by atoms with Crippen LogP contribution in [0.5, 0.6) is 0 Å². The first-order chi connectivity index (χ1) is 17.2. The molecule has 176 valence electrons. The summed E-state index contributed by atoms with van der Waals surface area (Å²) in [6.07, 6.45) is 6.62. The minimum absolute atomic E-state index is 0. The number of fused-ring (bicyclic) bond motifs is 4. The maximum Gasteiger partial charge on any atom is 2.00 e. The fourth-order valence-electron chi connectivity index (χ4n) is 4.23. The molecule has 1 aliphatic rings. The Bertz CT molecular complexity index is 1360. The second-order valence-corrected chi connectivity index (χ2v) is 9.84. The SMILES string of the molecule is C=CC=CC.Cc1ccccc1Pc1cc2ccccc2[cH-]1.[Zr+2].[c-]1cccc2c1Cc1ccccc1-2. The van der Waals surface area contributed by atoms with E-state index in [1.807, 2.05) is 25.1 Å². The van der Waals surface area contributed by atoms with Gasteiger partial charge in [0.2, 0.25) is 0 Å². The summed E-state index contributed by atoms with van der Waals surface area (Å²) in [5.41, 5.74) is 6.90. The first-order valence-corrected chi connectivity index (χ1v) is 13.0. The van der Waals surface area contributed by atoms with Crippen molar-refractivity contribution < 1.29 is 26.2 Å². The Labute approximate surface area is 237 Å². The van der Waals surface area contributed by atoms with Crippen LogP contribution in [0.2, 0.25) is 0 Å². The van der Waals surface area contributed by atoms with Gasteiger partial charge in [-0.25, -0.2) is 0 Å². The Kier molecular flexibility index (Phi) is 10.9. The zero-order valence-electron chi connectivity index (χ0n) is 21.0. The van der Waals surface area contributed by atoms with Crippen LogP contribution in [0.4, 0.5) is 0 Å². The van der Waals surface area contributed by atoms with Crippen LogP contribution in [0.25, 0.3) is 21.9 Å². The first kappa shape index (κ1) is 27.9. The van der Waals surface area contributed by atoms with Gasteiger partial charge in [0.15, 0.2) is 0 Å². The van der Waals surface area contributed by atoms with E-state index in [0.717, 1.165) is 15.0 Å². The molecule has 6 rings (SSSR count). The van der Waals surface area contributed by atoms with Crippen LogP contribution >= 0.6 is 8.58 Å². The van der Waals surface area contributed by atoms with E-state index in [2.05, 4.69) is 117 Å². The number of aryl methyl sites for hydroxylation is 1. The number of rotatable bonds is 3. The van der Waals surface area contributed by atoms with E-state index in [1.54, 1.807) is 6.08 Å². The predicted molar refractivity (Wildman–Crippen MR) is 157 cm³/mol. The van der Waals surface area contributed by atoms with Crippen LogP contribution in [0.3, 0.4) is 0 Å². The van der Waals surface area contributed by atoms with E-state index in [4.69, 9.17) is 0 Å². The summed E-state index contributed by atoms with van der Waals surface area (Å²) in [4.78, 5) is 0. The van der Waals surface area contributed by atoms with E-state index in [1.165, 1.54) is 49.2 Å². The minimum atomic E-state index is 0. The molecule has 0 bridgehead atoms. The molecule has 1 atom stereocenters. The average Bonchev–Trinajstić information content (AvgIpc) is 3.47. The molecule has 1 unspecified atom stereocenters. The fourth-order valence-corrected chi connectivity index (χ4v) is 5.45. The van der Waals surface area contributed by atoms with Gasteiger partial charge in [-0.05, 0) is 31.1 Å². The molecule has 0 N–H and O–H groups in total. The molecule has 5 aromatic rings. The Balaban J connectivity index is 0.000000169. The second kappa shape index (κ2) is 14.1. The van der Waals surface area contributed by atoms with Gasteiger partial charge in [0.05, 0.1) is 0 Å². The van der Waals surface area contributed by atoms with Gasteiger partial charge in [-0.15, -0.1) is 45.9 Å². The minimum Gasteiger partial charge on any atom is -0.179 e. The smallest absolute Gasteiger partial charge is 0.179 e. The van der Waals surface area contributed by atoms with Crippen molar-refractivity contribution in [3.63, 3.8) is 0 Å². The summed E-state index contributed by atoms with van der Waals surface area (Å²) < 4.78 is 0. The van der Waals surface area contributed by atoms with E-state index < -0.39 is 0 Å². The van der Waals surface area contributed by atoms with E-state index in [-0.39, 0.29) is 26.2 Å². The molecular weight excluding hydrogens is 531 g/mol. The number of hydrogen-bond donors (Lipinski definition) is 0. The third-order valence-corrected chi connectivity index (χ3v) is 7.39. The Morgan fingerprint density at radius 2 is 1.61 bits per heavy atom. The molecule has 0 spiro atoms. The van der Waals surface area contributed by atoms with Crippen molar-refractivity contribution >= 4 is 30.0 Å². The quantitative estimate of drug-likeness (QED) is 0.116. The molecule has 5 aromatic carbocycles. The maximum atomic E-state index is 3.46. The second-order valence-electron chi connectivity index (χ2n) is 8.47. The summed E-state index contributed by atoms with van der Waals surface area (Å²) in [6, 6.07) is 39.9. The first-order valence-electron chi connectivity index (χ1n) is 12.0. The van der Waals surface area contributed by atoms with Gasteiger partial charge < -0.3 is 0 Å². The van der Waals surface area contributed by atoms with Crippen LogP contribution < -0.4 is 10.6 Å². The van der Waals surface area contributed by atoms with Crippen molar-refractivity contribution in [1.82, 2.24) is 0 Å². The monoisotopic (exact) mass is 560 g/mol. The van der Waals surface area contributed by atoms with Crippen molar-refractivity contribution in [2.45, 2.75) is 20.3 Å². The van der Waals surface area contributed by atoms with Crippen LogP contribution in [0, 0.1) is 13.0 Å². The molecule has 0 fully saturated rings. The zero-order valence-corrected chi connectivity index (χ0v) is 24.4. The van der Waals surface area contributed by atoms with Crippen molar-refractivity contribution in [2.24, 2.45) is 0 Å². The largest absolute Gasteiger partial charge is 2.00 e. The summed E-state index contributed by atoms with van der Waals surface area (Å²) in [6.45, 7) is 7.61. The molecule has 0 saturated heterocycles. The molecule has 36 heavy (non-hydrogen) atoms. The Morgan fingerprint density at radius 3 is 2.36 bits per heavy atom. The molecule has 1 aliphatic carbocycles. The van der Waals surface area contributed by atoms with Gasteiger partial charge >= 0.3 is 26.2 Å². The third kappa shape index (κ3) is 7.16. The molecule has 0 nitrogen and oxygen atoms in total.